The molecule has 2 heterocycles. The lowest BCUT2D eigenvalue weighted by Gasteiger charge is -2.21. The third-order valence-electron chi connectivity index (χ3n) is 3.68. The Hall–Kier alpha value is -2.21. The second kappa shape index (κ2) is 5.65. The van der Waals surface area contributed by atoms with E-state index in [4.69, 9.17) is 4.74 Å². The van der Waals surface area contributed by atoms with Crippen molar-refractivity contribution in [3.8, 4) is 11.4 Å². The molecule has 0 spiro atoms. The molecule has 6 nitrogen and oxygen atoms in total. The predicted molar refractivity (Wildman–Crippen MR) is 77.3 cm³/mol. The normalized spacial score (nSPS) is 21.4. The lowest BCUT2D eigenvalue weighted by Crippen LogP contribution is -2.43. The predicted octanol–water partition coefficient (Wildman–Crippen LogP) is 1.66. The van der Waals surface area contributed by atoms with E-state index in [1.54, 1.807) is 0 Å². The monoisotopic (exact) mass is 286 g/mol. The van der Waals surface area contributed by atoms with E-state index in [9.17, 15) is 4.79 Å². The van der Waals surface area contributed by atoms with Crippen LogP contribution in [0.4, 0.5) is 0 Å². The number of rotatable bonds is 4. The van der Waals surface area contributed by atoms with Gasteiger partial charge in [0.25, 0.3) is 5.91 Å². The van der Waals surface area contributed by atoms with Crippen LogP contribution in [-0.2, 0) is 16.1 Å². The van der Waals surface area contributed by atoms with Crippen LogP contribution < -0.4 is 5.32 Å². The number of ether oxygens (including phenoxy) is 1. The van der Waals surface area contributed by atoms with Gasteiger partial charge in [0.05, 0.1) is 6.54 Å². The average Bonchev–Trinajstić information content (AvgIpc) is 3.15. The van der Waals surface area contributed by atoms with Crippen molar-refractivity contribution in [3.05, 3.63) is 36.2 Å². The number of hydrogen-bond donors (Lipinski definition) is 2. The Balaban J connectivity index is 1.62. The van der Waals surface area contributed by atoms with Crippen LogP contribution in [0.1, 0.15) is 25.6 Å². The highest BCUT2D eigenvalue weighted by atomic mass is 16.5. The molecular weight excluding hydrogens is 268 g/mol. The summed E-state index contributed by atoms with van der Waals surface area (Å²) in [5.74, 6) is 1.16. The molecule has 2 aromatic rings. The average molecular weight is 286 g/mol. The molecule has 1 aromatic carbocycles. The summed E-state index contributed by atoms with van der Waals surface area (Å²) < 4.78 is 5.51. The van der Waals surface area contributed by atoms with Crippen LogP contribution in [0.25, 0.3) is 11.4 Å². The second-order valence-corrected chi connectivity index (χ2v) is 5.34. The van der Waals surface area contributed by atoms with Gasteiger partial charge in [-0.2, -0.15) is 5.10 Å². The highest BCUT2D eigenvalue weighted by Gasteiger charge is 2.37. The molecular formula is C15H18N4O2. The Morgan fingerprint density at radius 1 is 1.43 bits per heavy atom. The fourth-order valence-corrected chi connectivity index (χ4v) is 2.40. The van der Waals surface area contributed by atoms with Gasteiger partial charge in [0.1, 0.15) is 11.4 Å². The summed E-state index contributed by atoms with van der Waals surface area (Å²) in [4.78, 5) is 16.5. The zero-order valence-corrected chi connectivity index (χ0v) is 11.9. The Labute approximate surface area is 122 Å². The maximum atomic E-state index is 12.1. The molecule has 0 bridgehead atoms. The smallest absolute Gasteiger partial charge is 0.252 e. The molecule has 1 fully saturated rings. The first kappa shape index (κ1) is 13.8. The quantitative estimate of drug-likeness (QED) is 0.895. The molecule has 1 atom stereocenters. The van der Waals surface area contributed by atoms with Gasteiger partial charge < -0.3 is 10.1 Å². The number of nitrogens with zero attached hydrogens (tertiary/aromatic N) is 2. The number of aromatic amines is 1. The van der Waals surface area contributed by atoms with E-state index in [-0.39, 0.29) is 5.91 Å². The van der Waals surface area contributed by atoms with Crippen LogP contribution in [-0.4, -0.2) is 33.3 Å². The van der Waals surface area contributed by atoms with Crippen LogP contribution >= 0.6 is 0 Å². The van der Waals surface area contributed by atoms with Crippen molar-refractivity contribution in [1.29, 1.82) is 0 Å². The topological polar surface area (TPSA) is 79.9 Å². The van der Waals surface area contributed by atoms with Gasteiger partial charge >= 0.3 is 0 Å². The van der Waals surface area contributed by atoms with Gasteiger partial charge in [0.15, 0.2) is 5.82 Å². The molecule has 1 amide bonds. The number of H-pyrrole nitrogens is 1. The summed E-state index contributed by atoms with van der Waals surface area (Å²) in [6, 6.07) is 9.70. The number of amides is 1. The highest BCUT2D eigenvalue weighted by Crippen LogP contribution is 2.25. The lowest BCUT2D eigenvalue weighted by atomic mass is 10.0. The molecule has 0 saturated carbocycles. The minimum absolute atomic E-state index is 0.0994. The zero-order chi connectivity index (χ0) is 14.7. The van der Waals surface area contributed by atoms with Gasteiger partial charge in [0, 0.05) is 12.2 Å². The maximum absolute atomic E-state index is 12.1. The van der Waals surface area contributed by atoms with Crippen LogP contribution in [0.15, 0.2) is 30.3 Å². The molecule has 110 valence electrons. The first-order valence-corrected chi connectivity index (χ1v) is 7.06. The standard InChI is InChI=1S/C15H18N4O2/c1-15(8-5-9-21-15)14(20)16-10-12-17-13(19-18-12)11-6-3-2-4-7-11/h2-4,6-7H,5,8-10H2,1H3,(H,16,20)(H,17,18,19)/t15-/m0/s1. The van der Waals surface area contributed by atoms with Crippen LogP contribution in [0.2, 0.25) is 0 Å². The van der Waals surface area contributed by atoms with E-state index >= 15 is 0 Å². The van der Waals surface area contributed by atoms with Crippen molar-refractivity contribution in [2.75, 3.05) is 6.61 Å². The van der Waals surface area contributed by atoms with Crippen molar-refractivity contribution >= 4 is 5.91 Å². The van der Waals surface area contributed by atoms with Crippen molar-refractivity contribution in [2.45, 2.75) is 31.9 Å². The minimum atomic E-state index is -0.706. The molecule has 21 heavy (non-hydrogen) atoms. The number of nitrogens with one attached hydrogen (secondary N) is 2. The van der Waals surface area contributed by atoms with Crippen molar-refractivity contribution < 1.29 is 9.53 Å². The van der Waals surface area contributed by atoms with Gasteiger partial charge in [-0.1, -0.05) is 30.3 Å². The first-order valence-electron chi connectivity index (χ1n) is 7.06. The summed E-state index contributed by atoms with van der Waals surface area (Å²) in [6.07, 6.45) is 1.68. The summed E-state index contributed by atoms with van der Waals surface area (Å²) in [6.45, 7) is 2.78. The SMILES string of the molecule is C[C@@]1(C(=O)NCc2nc(-c3ccccc3)n[nH]2)CCCO1. The van der Waals surface area contributed by atoms with E-state index < -0.39 is 5.60 Å². The molecule has 1 aromatic heterocycles. The second-order valence-electron chi connectivity index (χ2n) is 5.34. The van der Waals surface area contributed by atoms with Gasteiger partial charge in [-0.25, -0.2) is 4.98 Å². The number of hydrogen-bond acceptors (Lipinski definition) is 4. The van der Waals surface area contributed by atoms with E-state index in [1.165, 1.54) is 0 Å². The molecule has 2 N–H and O–H groups in total. The molecule has 3 rings (SSSR count). The van der Waals surface area contributed by atoms with Gasteiger partial charge in [-0.3, -0.25) is 9.89 Å². The van der Waals surface area contributed by atoms with E-state index in [0.29, 0.717) is 24.8 Å². The first-order chi connectivity index (χ1) is 10.2. The lowest BCUT2D eigenvalue weighted by molar-refractivity contribution is -0.139. The Morgan fingerprint density at radius 3 is 2.95 bits per heavy atom. The highest BCUT2D eigenvalue weighted by molar-refractivity contribution is 5.84. The van der Waals surface area contributed by atoms with E-state index in [0.717, 1.165) is 18.4 Å². The number of aromatic nitrogens is 3. The fraction of sp³-hybridized carbons (Fsp3) is 0.400. The van der Waals surface area contributed by atoms with Crippen LogP contribution in [0, 0.1) is 0 Å². The van der Waals surface area contributed by atoms with Crippen LogP contribution in [0.5, 0.6) is 0 Å². The molecule has 1 aliphatic rings. The fourth-order valence-electron chi connectivity index (χ4n) is 2.40. The zero-order valence-electron chi connectivity index (χ0n) is 11.9. The van der Waals surface area contributed by atoms with Crippen molar-refractivity contribution in [1.82, 2.24) is 20.5 Å². The number of carbonyl (C=O) groups excluding carboxylic acids is 1. The Morgan fingerprint density at radius 2 is 2.24 bits per heavy atom. The van der Waals surface area contributed by atoms with E-state index in [1.807, 2.05) is 37.3 Å². The van der Waals surface area contributed by atoms with Gasteiger partial charge in [0.2, 0.25) is 0 Å². The van der Waals surface area contributed by atoms with Gasteiger partial charge in [-0.05, 0) is 19.8 Å². The van der Waals surface area contributed by atoms with E-state index in [2.05, 4.69) is 20.5 Å². The van der Waals surface area contributed by atoms with Gasteiger partial charge in [-0.15, -0.1) is 0 Å². The summed E-state index contributed by atoms with van der Waals surface area (Å²) in [5, 5.41) is 9.86. The molecule has 0 radical (unpaired) electrons. The summed E-state index contributed by atoms with van der Waals surface area (Å²) >= 11 is 0. The summed E-state index contributed by atoms with van der Waals surface area (Å²) in [5.41, 5.74) is 0.236. The third-order valence-corrected chi connectivity index (χ3v) is 3.68. The van der Waals surface area contributed by atoms with Crippen LogP contribution in [0.3, 0.4) is 0 Å². The third kappa shape index (κ3) is 2.95. The largest absolute Gasteiger partial charge is 0.365 e. The molecule has 1 aliphatic heterocycles. The number of carbonyl (C=O) groups is 1. The molecule has 0 aliphatic carbocycles. The Bertz CT molecular complexity index is 618. The number of benzene rings is 1. The molecule has 6 heteroatoms. The molecule has 0 unspecified atom stereocenters. The maximum Gasteiger partial charge on any atom is 0.252 e. The van der Waals surface area contributed by atoms with Crippen molar-refractivity contribution in [2.24, 2.45) is 0 Å². The summed E-state index contributed by atoms with van der Waals surface area (Å²) in [7, 11) is 0. The minimum Gasteiger partial charge on any atom is -0.365 e. The van der Waals surface area contributed by atoms with Crippen molar-refractivity contribution in [3.63, 3.8) is 0 Å². The Kier molecular flexibility index (Phi) is 3.70. The molecule has 1 saturated heterocycles.